The molecule has 5 nitrogen and oxygen atoms in total. The zero-order valence-corrected chi connectivity index (χ0v) is 15.2. The van der Waals surface area contributed by atoms with Gasteiger partial charge in [0.1, 0.15) is 0 Å². The highest BCUT2D eigenvalue weighted by Gasteiger charge is 2.06. The van der Waals surface area contributed by atoms with Gasteiger partial charge in [-0.05, 0) is 24.5 Å². The Labute approximate surface area is 158 Å². The third-order valence-corrected chi connectivity index (χ3v) is 4.29. The van der Waals surface area contributed by atoms with Gasteiger partial charge >= 0.3 is 0 Å². The summed E-state index contributed by atoms with van der Waals surface area (Å²) >= 11 is 0. The molecule has 1 aromatic heterocycles. The number of benzene rings is 2. The van der Waals surface area contributed by atoms with Gasteiger partial charge in [-0.1, -0.05) is 60.7 Å². The van der Waals surface area contributed by atoms with Crippen molar-refractivity contribution in [3.8, 4) is 11.3 Å². The minimum absolute atomic E-state index is 0.0677. The number of nitrogens with one attached hydrogen (secondary N) is 1. The van der Waals surface area contributed by atoms with Crippen molar-refractivity contribution < 1.29 is 4.79 Å². The minimum Gasteiger partial charge on any atom is -0.356 e. The van der Waals surface area contributed by atoms with Gasteiger partial charge < -0.3 is 5.32 Å². The molecule has 0 saturated carbocycles. The molecule has 0 aliphatic carbocycles. The second-order valence-electron chi connectivity index (χ2n) is 6.34. The van der Waals surface area contributed by atoms with Crippen molar-refractivity contribution in [1.82, 2.24) is 15.1 Å². The van der Waals surface area contributed by atoms with Crippen molar-refractivity contribution in [2.45, 2.75) is 25.8 Å². The lowest BCUT2D eigenvalue weighted by Gasteiger charge is -2.08. The summed E-state index contributed by atoms with van der Waals surface area (Å²) in [5, 5.41) is 7.28. The molecule has 0 aliphatic rings. The van der Waals surface area contributed by atoms with Gasteiger partial charge in [-0.25, -0.2) is 4.68 Å². The van der Waals surface area contributed by atoms with Crippen molar-refractivity contribution in [1.29, 1.82) is 0 Å². The number of carbonyl (C=O) groups excluding carboxylic acids is 1. The van der Waals surface area contributed by atoms with Gasteiger partial charge in [0, 0.05) is 24.6 Å². The number of carbonyl (C=O) groups is 1. The van der Waals surface area contributed by atoms with Gasteiger partial charge in [0.05, 0.1) is 12.2 Å². The summed E-state index contributed by atoms with van der Waals surface area (Å²) in [4.78, 5) is 24.0. The van der Waals surface area contributed by atoms with Crippen LogP contribution in [0, 0.1) is 0 Å². The van der Waals surface area contributed by atoms with Crippen LogP contribution in [0.15, 0.2) is 77.6 Å². The number of aryl methyl sites for hydroxylation is 2. The molecule has 3 rings (SSSR count). The lowest BCUT2D eigenvalue weighted by atomic mass is 10.1. The smallest absolute Gasteiger partial charge is 0.266 e. The van der Waals surface area contributed by atoms with Crippen LogP contribution in [0.3, 0.4) is 0 Å². The normalized spacial score (nSPS) is 10.5. The molecule has 5 heteroatoms. The summed E-state index contributed by atoms with van der Waals surface area (Å²) in [6.07, 6.45) is 2.05. The first kappa shape index (κ1) is 18.6. The van der Waals surface area contributed by atoms with Crippen LogP contribution >= 0.6 is 0 Å². The molecule has 2 aromatic carbocycles. The maximum atomic E-state index is 12.0. The van der Waals surface area contributed by atoms with E-state index in [1.54, 1.807) is 6.07 Å². The third kappa shape index (κ3) is 5.64. The number of hydrogen-bond acceptors (Lipinski definition) is 3. The molecule has 0 radical (unpaired) electrons. The van der Waals surface area contributed by atoms with Gasteiger partial charge in [0.15, 0.2) is 0 Å². The predicted octanol–water partition coefficient (Wildman–Crippen LogP) is 3.05. The first-order valence-corrected chi connectivity index (χ1v) is 9.16. The van der Waals surface area contributed by atoms with E-state index in [0.717, 1.165) is 24.1 Å². The molecule has 138 valence electrons. The standard InChI is InChI=1S/C22H23N3O2/c26-21(23-16-7-10-18-8-3-1-4-9-18)15-17-25-22(27)14-13-20(24-25)19-11-5-2-6-12-19/h1-6,8-9,11-14H,7,10,15-17H2,(H,23,26). The Morgan fingerprint density at radius 2 is 1.63 bits per heavy atom. The molecule has 0 bridgehead atoms. The van der Waals surface area contributed by atoms with E-state index in [4.69, 9.17) is 0 Å². The summed E-state index contributed by atoms with van der Waals surface area (Å²) in [5.74, 6) is -0.0677. The molecule has 0 spiro atoms. The quantitative estimate of drug-likeness (QED) is 0.627. The Morgan fingerprint density at radius 1 is 0.926 bits per heavy atom. The molecule has 0 atom stereocenters. The molecule has 0 saturated heterocycles. The first-order valence-electron chi connectivity index (χ1n) is 9.16. The van der Waals surface area contributed by atoms with Crippen LogP contribution in [-0.4, -0.2) is 22.2 Å². The van der Waals surface area contributed by atoms with Crippen molar-refractivity contribution in [2.24, 2.45) is 0 Å². The largest absolute Gasteiger partial charge is 0.356 e. The molecular weight excluding hydrogens is 338 g/mol. The molecule has 1 amide bonds. The van der Waals surface area contributed by atoms with Crippen molar-refractivity contribution in [3.63, 3.8) is 0 Å². The fraction of sp³-hybridized carbons (Fsp3) is 0.227. The molecule has 3 aromatic rings. The Hall–Kier alpha value is -3.21. The van der Waals surface area contributed by atoms with E-state index >= 15 is 0 Å². The summed E-state index contributed by atoms with van der Waals surface area (Å²) in [6, 6.07) is 23.1. The highest BCUT2D eigenvalue weighted by Crippen LogP contribution is 2.13. The van der Waals surface area contributed by atoms with E-state index in [1.807, 2.05) is 48.5 Å². The fourth-order valence-corrected chi connectivity index (χ4v) is 2.83. The van der Waals surface area contributed by atoms with Crippen molar-refractivity contribution >= 4 is 5.91 Å². The molecule has 1 N–H and O–H groups in total. The lowest BCUT2D eigenvalue weighted by molar-refractivity contribution is -0.121. The highest BCUT2D eigenvalue weighted by atomic mass is 16.2. The Morgan fingerprint density at radius 3 is 2.37 bits per heavy atom. The van der Waals surface area contributed by atoms with Crippen LogP contribution in [0.25, 0.3) is 11.3 Å². The second kappa shape index (κ2) is 9.48. The Kier molecular flexibility index (Phi) is 6.52. The van der Waals surface area contributed by atoms with Crippen LogP contribution in [0.5, 0.6) is 0 Å². The van der Waals surface area contributed by atoms with E-state index in [2.05, 4.69) is 22.5 Å². The number of hydrogen-bond donors (Lipinski definition) is 1. The summed E-state index contributed by atoms with van der Waals surface area (Å²) < 4.78 is 1.35. The summed E-state index contributed by atoms with van der Waals surface area (Å²) in [5.41, 5.74) is 2.72. The number of rotatable bonds is 8. The van der Waals surface area contributed by atoms with Crippen LogP contribution < -0.4 is 10.9 Å². The number of nitrogens with zero attached hydrogens (tertiary/aromatic N) is 2. The molecular formula is C22H23N3O2. The lowest BCUT2D eigenvalue weighted by Crippen LogP contribution is -2.29. The SMILES string of the molecule is O=C(CCn1nc(-c2ccccc2)ccc1=O)NCCCc1ccccc1. The van der Waals surface area contributed by atoms with Crippen LogP contribution in [-0.2, 0) is 17.8 Å². The second-order valence-corrected chi connectivity index (χ2v) is 6.34. The van der Waals surface area contributed by atoms with Crippen LogP contribution in [0.4, 0.5) is 0 Å². The van der Waals surface area contributed by atoms with Crippen LogP contribution in [0.1, 0.15) is 18.4 Å². The molecule has 1 heterocycles. The number of aromatic nitrogens is 2. The van der Waals surface area contributed by atoms with E-state index in [0.29, 0.717) is 6.54 Å². The fourth-order valence-electron chi connectivity index (χ4n) is 2.83. The van der Waals surface area contributed by atoms with E-state index in [9.17, 15) is 9.59 Å². The van der Waals surface area contributed by atoms with Crippen molar-refractivity contribution in [3.05, 3.63) is 88.7 Å². The summed E-state index contributed by atoms with van der Waals surface area (Å²) in [7, 11) is 0. The number of amides is 1. The molecule has 0 fully saturated rings. The van der Waals surface area contributed by atoms with Crippen molar-refractivity contribution in [2.75, 3.05) is 6.54 Å². The molecule has 0 unspecified atom stereocenters. The monoisotopic (exact) mass is 361 g/mol. The Bertz CT molecular complexity index is 921. The van der Waals surface area contributed by atoms with Crippen LogP contribution in [0.2, 0.25) is 0 Å². The van der Waals surface area contributed by atoms with Gasteiger partial charge in [0.25, 0.3) is 5.56 Å². The summed E-state index contributed by atoms with van der Waals surface area (Å²) in [6.45, 7) is 0.893. The maximum absolute atomic E-state index is 12.0. The first-order chi connectivity index (χ1) is 13.2. The van der Waals surface area contributed by atoms with E-state index in [1.165, 1.54) is 16.3 Å². The van der Waals surface area contributed by atoms with Gasteiger partial charge in [-0.15, -0.1) is 0 Å². The van der Waals surface area contributed by atoms with E-state index in [-0.39, 0.29) is 24.4 Å². The topological polar surface area (TPSA) is 64.0 Å². The van der Waals surface area contributed by atoms with Gasteiger partial charge in [-0.2, -0.15) is 5.10 Å². The van der Waals surface area contributed by atoms with E-state index < -0.39 is 0 Å². The average molecular weight is 361 g/mol. The minimum atomic E-state index is -0.202. The molecule has 0 aliphatic heterocycles. The maximum Gasteiger partial charge on any atom is 0.266 e. The zero-order chi connectivity index (χ0) is 18.9. The highest BCUT2D eigenvalue weighted by molar-refractivity contribution is 5.75. The Balaban J connectivity index is 1.48. The molecule has 27 heavy (non-hydrogen) atoms. The predicted molar refractivity (Wildman–Crippen MR) is 106 cm³/mol. The average Bonchev–Trinajstić information content (AvgIpc) is 2.72. The third-order valence-electron chi connectivity index (χ3n) is 4.29. The van der Waals surface area contributed by atoms with Gasteiger partial charge in [-0.3, -0.25) is 9.59 Å². The zero-order valence-electron chi connectivity index (χ0n) is 15.2. The van der Waals surface area contributed by atoms with Gasteiger partial charge in [0.2, 0.25) is 5.91 Å².